The van der Waals surface area contributed by atoms with Crippen LogP contribution < -0.4 is 11.1 Å². The molecular weight excluding hydrogens is 192 g/mol. The number of ether oxygens (including phenoxy) is 1. The maximum Gasteiger partial charge on any atom is 0.238 e. The first-order chi connectivity index (χ1) is 7.26. The van der Waals surface area contributed by atoms with Crippen LogP contribution in [0.1, 0.15) is 12.5 Å². The van der Waals surface area contributed by atoms with E-state index < -0.39 is 0 Å². The molecule has 0 radical (unpaired) electrons. The molecule has 0 fully saturated rings. The predicted octanol–water partition coefficient (Wildman–Crippen LogP) is 1.12. The predicted molar refractivity (Wildman–Crippen MR) is 59.5 cm³/mol. The summed E-state index contributed by atoms with van der Waals surface area (Å²) in [5, 5.41) is 2.67. The van der Waals surface area contributed by atoms with Crippen LogP contribution in [0.3, 0.4) is 0 Å². The van der Waals surface area contributed by atoms with Gasteiger partial charge in [-0.15, -0.1) is 0 Å². The second-order valence-electron chi connectivity index (χ2n) is 3.09. The number of anilines is 1. The first-order valence-electron chi connectivity index (χ1n) is 4.93. The zero-order chi connectivity index (χ0) is 11.1. The summed E-state index contributed by atoms with van der Waals surface area (Å²) in [7, 11) is 0. The van der Waals surface area contributed by atoms with Crippen molar-refractivity contribution in [1.29, 1.82) is 0 Å². The number of nitrogens with one attached hydrogen (secondary N) is 1. The Morgan fingerprint density at radius 2 is 2.07 bits per heavy atom. The van der Waals surface area contributed by atoms with E-state index >= 15 is 0 Å². The van der Waals surface area contributed by atoms with Gasteiger partial charge in [-0.25, -0.2) is 0 Å². The molecule has 0 heterocycles. The van der Waals surface area contributed by atoms with Crippen molar-refractivity contribution in [3.05, 3.63) is 29.8 Å². The molecule has 0 atom stereocenters. The lowest BCUT2D eigenvalue weighted by Crippen LogP contribution is -2.21. The van der Waals surface area contributed by atoms with Crippen molar-refractivity contribution in [3.63, 3.8) is 0 Å². The fourth-order valence-electron chi connectivity index (χ4n) is 1.12. The number of benzene rings is 1. The van der Waals surface area contributed by atoms with Crippen molar-refractivity contribution in [2.24, 2.45) is 5.73 Å². The second-order valence-corrected chi connectivity index (χ2v) is 3.09. The van der Waals surface area contributed by atoms with Gasteiger partial charge in [-0.05, 0) is 24.6 Å². The highest BCUT2D eigenvalue weighted by molar-refractivity contribution is 5.92. The molecule has 3 N–H and O–H groups in total. The summed E-state index contributed by atoms with van der Waals surface area (Å²) in [6.07, 6.45) is 0. The van der Waals surface area contributed by atoms with Crippen LogP contribution in [0, 0.1) is 0 Å². The Morgan fingerprint density at radius 3 is 2.60 bits per heavy atom. The van der Waals surface area contributed by atoms with Gasteiger partial charge in [0.2, 0.25) is 5.91 Å². The van der Waals surface area contributed by atoms with E-state index in [2.05, 4.69) is 5.32 Å². The first-order valence-corrected chi connectivity index (χ1v) is 4.93. The lowest BCUT2D eigenvalue weighted by molar-refractivity contribution is -0.114. The van der Waals surface area contributed by atoms with Gasteiger partial charge in [0.05, 0.1) is 13.2 Å². The zero-order valence-electron chi connectivity index (χ0n) is 8.82. The van der Waals surface area contributed by atoms with Crippen LogP contribution in [0.15, 0.2) is 24.3 Å². The summed E-state index contributed by atoms with van der Waals surface area (Å²) in [5.41, 5.74) is 7.02. The van der Waals surface area contributed by atoms with Crippen LogP contribution in [0.2, 0.25) is 0 Å². The van der Waals surface area contributed by atoms with Crippen LogP contribution >= 0.6 is 0 Å². The number of nitrogens with two attached hydrogens (primary N) is 1. The van der Waals surface area contributed by atoms with Gasteiger partial charge >= 0.3 is 0 Å². The normalized spacial score (nSPS) is 10.0. The van der Waals surface area contributed by atoms with Crippen LogP contribution in [-0.4, -0.2) is 19.1 Å². The number of carbonyl (C=O) groups excluding carboxylic acids is 1. The molecule has 0 saturated carbocycles. The Labute approximate surface area is 89.4 Å². The van der Waals surface area contributed by atoms with Crippen molar-refractivity contribution < 1.29 is 9.53 Å². The third kappa shape index (κ3) is 4.10. The van der Waals surface area contributed by atoms with Crippen LogP contribution in [-0.2, 0) is 16.1 Å². The fraction of sp³-hybridized carbons (Fsp3) is 0.364. The molecule has 0 aliphatic carbocycles. The Hall–Kier alpha value is -1.39. The quantitative estimate of drug-likeness (QED) is 0.762. The van der Waals surface area contributed by atoms with Crippen LogP contribution in [0.4, 0.5) is 5.69 Å². The van der Waals surface area contributed by atoms with E-state index in [9.17, 15) is 4.79 Å². The molecule has 1 amide bonds. The van der Waals surface area contributed by atoms with Crippen molar-refractivity contribution in [1.82, 2.24) is 0 Å². The fourth-order valence-corrected chi connectivity index (χ4v) is 1.12. The molecule has 4 heteroatoms. The number of amides is 1. The van der Waals surface area contributed by atoms with E-state index in [-0.39, 0.29) is 12.5 Å². The van der Waals surface area contributed by atoms with Gasteiger partial charge in [0.15, 0.2) is 0 Å². The van der Waals surface area contributed by atoms with Crippen molar-refractivity contribution in [2.75, 3.05) is 18.5 Å². The number of hydrogen-bond donors (Lipinski definition) is 2. The summed E-state index contributed by atoms with van der Waals surface area (Å²) < 4.78 is 5.25. The summed E-state index contributed by atoms with van der Waals surface area (Å²) in [6, 6.07) is 7.51. The molecule has 0 spiro atoms. The minimum Gasteiger partial charge on any atom is -0.377 e. The molecule has 0 saturated heterocycles. The summed E-state index contributed by atoms with van der Waals surface area (Å²) in [4.78, 5) is 11.0. The highest BCUT2D eigenvalue weighted by Crippen LogP contribution is 2.10. The van der Waals surface area contributed by atoms with Gasteiger partial charge < -0.3 is 15.8 Å². The number of rotatable bonds is 5. The van der Waals surface area contributed by atoms with Gasteiger partial charge in [-0.1, -0.05) is 12.1 Å². The average molecular weight is 208 g/mol. The lowest BCUT2D eigenvalue weighted by Gasteiger charge is -2.05. The highest BCUT2D eigenvalue weighted by Gasteiger charge is 1.98. The van der Waals surface area contributed by atoms with Crippen LogP contribution in [0.5, 0.6) is 0 Å². The second kappa shape index (κ2) is 6.16. The monoisotopic (exact) mass is 208 g/mol. The number of carbonyl (C=O) groups is 1. The Bertz CT molecular complexity index is 309. The third-order valence-electron chi connectivity index (χ3n) is 1.90. The first kappa shape index (κ1) is 11.7. The van der Waals surface area contributed by atoms with E-state index in [4.69, 9.17) is 10.5 Å². The molecule has 1 aromatic rings. The minimum atomic E-state index is -0.187. The summed E-state index contributed by atoms with van der Waals surface area (Å²) in [6.45, 7) is 3.25. The molecule has 0 unspecified atom stereocenters. The Kier molecular flexibility index (Phi) is 4.80. The summed E-state index contributed by atoms with van der Waals surface area (Å²) in [5.74, 6) is -0.187. The molecule has 0 aromatic heterocycles. The smallest absolute Gasteiger partial charge is 0.238 e. The van der Waals surface area contributed by atoms with Gasteiger partial charge in [-0.3, -0.25) is 4.79 Å². The van der Waals surface area contributed by atoms with Gasteiger partial charge in [0, 0.05) is 12.3 Å². The molecule has 0 bridgehead atoms. The largest absolute Gasteiger partial charge is 0.377 e. The molecule has 0 aliphatic rings. The van der Waals surface area contributed by atoms with E-state index in [1.807, 2.05) is 31.2 Å². The Balaban J connectivity index is 2.52. The van der Waals surface area contributed by atoms with Crippen LogP contribution in [0.25, 0.3) is 0 Å². The topological polar surface area (TPSA) is 64.3 Å². The molecule has 82 valence electrons. The lowest BCUT2D eigenvalue weighted by atomic mass is 10.2. The minimum absolute atomic E-state index is 0.000692. The maximum absolute atomic E-state index is 11.0. The summed E-state index contributed by atoms with van der Waals surface area (Å²) >= 11 is 0. The molecular formula is C11H16N2O2. The van der Waals surface area contributed by atoms with Gasteiger partial charge in [0.25, 0.3) is 0 Å². The van der Waals surface area contributed by atoms with E-state index in [1.54, 1.807) is 0 Å². The van der Waals surface area contributed by atoms with E-state index in [0.717, 1.165) is 11.3 Å². The Morgan fingerprint density at radius 1 is 1.40 bits per heavy atom. The SMILES string of the molecule is CCOCc1ccc(NC(=O)CN)cc1. The molecule has 15 heavy (non-hydrogen) atoms. The average Bonchev–Trinajstić information content (AvgIpc) is 2.28. The molecule has 4 nitrogen and oxygen atoms in total. The highest BCUT2D eigenvalue weighted by atomic mass is 16.5. The van der Waals surface area contributed by atoms with Gasteiger partial charge in [0.1, 0.15) is 0 Å². The molecule has 0 aliphatic heterocycles. The van der Waals surface area contributed by atoms with E-state index in [1.165, 1.54) is 0 Å². The van der Waals surface area contributed by atoms with Gasteiger partial charge in [-0.2, -0.15) is 0 Å². The zero-order valence-corrected chi connectivity index (χ0v) is 8.82. The molecule has 1 rings (SSSR count). The van der Waals surface area contributed by atoms with Crippen molar-refractivity contribution >= 4 is 11.6 Å². The number of hydrogen-bond acceptors (Lipinski definition) is 3. The molecule has 1 aromatic carbocycles. The van der Waals surface area contributed by atoms with E-state index in [0.29, 0.717) is 13.2 Å². The maximum atomic E-state index is 11.0. The van der Waals surface area contributed by atoms with Crippen molar-refractivity contribution in [2.45, 2.75) is 13.5 Å². The standard InChI is InChI=1S/C11H16N2O2/c1-2-15-8-9-3-5-10(6-4-9)13-11(14)7-12/h3-6H,2,7-8,12H2,1H3,(H,13,14). The third-order valence-corrected chi connectivity index (χ3v) is 1.90. The van der Waals surface area contributed by atoms with Crippen molar-refractivity contribution in [3.8, 4) is 0 Å².